The Labute approximate surface area is 110 Å². The lowest BCUT2D eigenvalue weighted by atomic mass is 10.1. The van der Waals surface area contributed by atoms with Crippen LogP contribution in [0.4, 0.5) is 0 Å². The van der Waals surface area contributed by atoms with E-state index in [4.69, 9.17) is 9.63 Å². The Bertz CT molecular complexity index is 563. The number of aryl methyl sites for hydroxylation is 1. The van der Waals surface area contributed by atoms with Crippen molar-refractivity contribution in [3.8, 4) is 11.5 Å². The van der Waals surface area contributed by atoms with Gasteiger partial charge in [-0.25, -0.2) is 0 Å². The highest BCUT2D eigenvalue weighted by molar-refractivity contribution is 5.94. The molecule has 6 nitrogen and oxygen atoms in total. The molecule has 1 heterocycles. The molecule has 0 saturated carbocycles. The molecule has 0 spiro atoms. The van der Waals surface area contributed by atoms with Gasteiger partial charge in [0.2, 0.25) is 0 Å². The normalized spacial score (nSPS) is 12.2. The molecule has 1 aromatic carbocycles. The van der Waals surface area contributed by atoms with E-state index in [1.165, 1.54) is 0 Å². The third kappa shape index (κ3) is 3.17. The molecule has 1 atom stereocenters. The minimum atomic E-state index is -0.272. The number of aromatic nitrogens is 2. The predicted molar refractivity (Wildman–Crippen MR) is 68.5 cm³/mol. The van der Waals surface area contributed by atoms with Gasteiger partial charge in [0, 0.05) is 17.2 Å². The molecule has 0 fully saturated rings. The van der Waals surface area contributed by atoms with Crippen LogP contribution in [0, 0.1) is 6.92 Å². The van der Waals surface area contributed by atoms with Gasteiger partial charge in [-0.3, -0.25) is 4.79 Å². The lowest BCUT2D eigenvalue weighted by Gasteiger charge is -2.10. The number of carbonyl (C=O) groups excluding carboxylic acids is 1. The lowest BCUT2D eigenvalue weighted by Crippen LogP contribution is -2.34. The van der Waals surface area contributed by atoms with Crippen molar-refractivity contribution in [3.63, 3.8) is 0 Å². The fourth-order valence-electron chi connectivity index (χ4n) is 1.53. The quantitative estimate of drug-likeness (QED) is 0.862. The molecule has 1 unspecified atom stereocenters. The van der Waals surface area contributed by atoms with Crippen molar-refractivity contribution < 1.29 is 14.4 Å². The molecular formula is C13H15N3O3. The summed E-state index contributed by atoms with van der Waals surface area (Å²) in [5.41, 5.74) is 1.27. The zero-order valence-electron chi connectivity index (χ0n) is 10.8. The summed E-state index contributed by atoms with van der Waals surface area (Å²) in [6.45, 7) is 3.38. The van der Waals surface area contributed by atoms with Gasteiger partial charge in [-0.05, 0) is 38.1 Å². The molecule has 19 heavy (non-hydrogen) atoms. The van der Waals surface area contributed by atoms with Crippen LogP contribution in [0.15, 0.2) is 28.8 Å². The minimum Gasteiger partial charge on any atom is -0.394 e. The second kappa shape index (κ2) is 5.62. The SMILES string of the molecule is Cc1noc(-c2ccc(C(=O)NC(C)CO)cc2)n1. The maximum Gasteiger partial charge on any atom is 0.257 e. The molecule has 0 aliphatic rings. The van der Waals surface area contributed by atoms with Crippen LogP contribution in [0.3, 0.4) is 0 Å². The van der Waals surface area contributed by atoms with Crippen molar-refractivity contribution in [1.29, 1.82) is 0 Å². The summed E-state index contributed by atoms with van der Waals surface area (Å²) in [5.74, 6) is 0.761. The van der Waals surface area contributed by atoms with Gasteiger partial charge in [-0.2, -0.15) is 4.98 Å². The van der Waals surface area contributed by atoms with Gasteiger partial charge in [0.05, 0.1) is 6.61 Å². The topological polar surface area (TPSA) is 88.2 Å². The molecule has 1 aromatic heterocycles. The average molecular weight is 261 g/mol. The average Bonchev–Trinajstić information content (AvgIpc) is 2.85. The highest BCUT2D eigenvalue weighted by Gasteiger charge is 2.10. The summed E-state index contributed by atoms with van der Waals surface area (Å²) >= 11 is 0. The van der Waals surface area contributed by atoms with Crippen molar-refractivity contribution >= 4 is 5.91 Å². The number of hydrogen-bond acceptors (Lipinski definition) is 5. The maximum atomic E-state index is 11.8. The fourth-order valence-corrected chi connectivity index (χ4v) is 1.53. The number of aliphatic hydroxyl groups is 1. The zero-order valence-corrected chi connectivity index (χ0v) is 10.8. The molecule has 2 rings (SSSR count). The standard InChI is InChI=1S/C13H15N3O3/c1-8(7-17)14-12(18)10-3-5-11(6-4-10)13-15-9(2)16-19-13/h3-6,8,17H,7H2,1-2H3,(H,14,18). The molecule has 2 N–H and O–H groups in total. The van der Waals surface area contributed by atoms with Gasteiger partial charge in [-0.15, -0.1) is 0 Å². The Balaban J connectivity index is 2.12. The molecule has 0 aliphatic heterocycles. The molecule has 0 aliphatic carbocycles. The Morgan fingerprint density at radius 3 is 2.63 bits per heavy atom. The van der Waals surface area contributed by atoms with Crippen LogP contribution >= 0.6 is 0 Å². The van der Waals surface area contributed by atoms with Crippen molar-refractivity contribution in [1.82, 2.24) is 15.5 Å². The number of amides is 1. The third-order valence-corrected chi connectivity index (χ3v) is 2.57. The maximum absolute atomic E-state index is 11.8. The first kappa shape index (κ1) is 13.2. The Hall–Kier alpha value is -2.21. The monoisotopic (exact) mass is 261 g/mol. The largest absolute Gasteiger partial charge is 0.394 e. The van der Waals surface area contributed by atoms with E-state index in [2.05, 4.69) is 15.5 Å². The molecule has 0 radical (unpaired) electrons. The van der Waals surface area contributed by atoms with Gasteiger partial charge in [0.1, 0.15) is 0 Å². The molecule has 2 aromatic rings. The van der Waals surface area contributed by atoms with E-state index in [0.717, 1.165) is 5.56 Å². The smallest absolute Gasteiger partial charge is 0.257 e. The zero-order chi connectivity index (χ0) is 13.8. The number of rotatable bonds is 4. The molecule has 6 heteroatoms. The van der Waals surface area contributed by atoms with Gasteiger partial charge in [0.25, 0.3) is 11.8 Å². The molecule has 1 amide bonds. The van der Waals surface area contributed by atoms with Crippen molar-refractivity contribution in [2.45, 2.75) is 19.9 Å². The summed E-state index contributed by atoms with van der Waals surface area (Å²) in [6, 6.07) is 6.56. The van der Waals surface area contributed by atoms with Crippen LogP contribution in [-0.4, -0.2) is 33.8 Å². The number of benzene rings is 1. The fraction of sp³-hybridized carbons (Fsp3) is 0.308. The number of nitrogens with one attached hydrogen (secondary N) is 1. The van der Waals surface area contributed by atoms with E-state index in [9.17, 15) is 4.79 Å². The molecular weight excluding hydrogens is 246 g/mol. The number of hydrogen-bond donors (Lipinski definition) is 2. The Morgan fingerprint density at radius 2 is 2.11 bits per heavy atom. The summed E-state index contributed by atoms with van der Waals surface area (Å²) in [7, 11) is 0. The van der Waals surface area contributed by atoms with E-state index in [1.807, 2.05) is 0 Å². The first-order valence-corrected chi connectivity index (χ1v) is 5.92. The summed E-state index contributed by atoms with van der Waals surface area (Å²) in [4.78, 5) is 15.9. The van der Waals surface area contributed by atoms with Gasteiger partial charge >= 0.3 is 0 Å². The summed E-state index contributed by atoms with van der Waals surface area (Å²) in [5, 5.41) is 15.3. The van der Waals surface area contributed by atoms with Crippen molar-refractivity contribution in [2.24, 2.45) is 0 Å². The Kier molecular flexibility index (Phi) is 3.91. The predicted octanol–water partition coefficient (Wildman–Crippen LogP) is 1.16. The van der Waals surface area contributed by atoms with E-state index in [-0.39, 0.29) is 18.6 Å². The summed E-state index contributed by atoms with van der Waals surface area (Å²) in [6.07, 6.45) is 0. The van der Waals surface area contributed by atoms with E-state index in [1.54, 1.807) is 38.1 Å². The van der Waals surface area contributed by atoms with Gasteiger partial charge in [0.15, 0.2) is 5.82 Å². The minimum absolute atomic E-state index is 0.0922. The Morgan fingerprint density at radius 1 is 1.42 bits per heavy atom. The first-order chi connectivity index (χ1) is 9.10. The van der Waals surface area contributed by atoms with E-state index >= 15 is 0 Å². The van der Waals surface area contributed by atoms with Gasteiger partial charge in [-0.1, -0.05) is 5.16 Å². The van der Waals surface area contributed by atoms with Gasteiger partial charge < -0.3 is 14.9 Å². The number of carbonyl (C=O) groups is 1. The molecule has 100 valence electrons. The molecule has 0 bridgehead atoms. The number of aliphatic hydroxyl groups excluding tert-OH is 1. The highest BCUT2D eigenvalue weighted by Crippen LogP contribution is 2.17. The lowest BCUT2D eigenvalue weighted by molar-refractivity contribution is 0.0922. The van der Waals surface area contributed by atoms with Crippen LogP contribution in [-0.2, 0) is 0 Å². The van der Waals surface area contributed by atoms with Crippen molar-refractivity contribution in [3.05, 3.63) is 35.7 Å². The van der Waals surface area contributed by atoms with Crippen LogP contribution in [0.2, 0.25) is 0 Å². The number of nitrogens with zero attached hydrogens (tertiary/aromatic N) is 2. The second-order valence-electron chi connectivity index (χ2n) is 4.28. The van der Waals surface area contributed by atoms with Crippen LogP contribution < -0.4 is 5.32 Å². The van der Waals surface area contributed by atoms with Crippen molar-refractivity contribution in [2.75, 3.05) is 6.61 Å². The molecule has 0 saturated heterocycles. The first-order valence-electron chi connectivity index (χ1n) is 5.92. The van der Waals surface area contributed by atoms with Crippen LogP contribution in [0.1, 0.15) is 23.1 Å². The third-order valence-electron chi connectivity index (χ3n) is 2.57. The second-order valence-corrected chi connectivity index (χ2v) is 4.28. The van der Waals surface area contributed by atoms with E-state index in [0.29, 0.717) is 17.3 Å². The summed E-state index contributed by atoms with van der Waals surface area (Å²) < 4.78 is 5.04. The highest BCUT2D eigenvalue weighted by atomic mass is 16.5. The van der Waals surface area contributed by atoms with Crippen LogP contribution in [0.5, 0.6) is 0 Å². The van der Waals surface area contributed by atoms with E-state index < -0.39 is 0 Å². The van der Waals surface area contributed by atoms with Crippen LogP contribution in [0.25, 0.3) is 11.5 Å².